The lowest BCUT2D eigenvalue weighted by Gasteiger charge is -2.22. The van der Waals surface area contributed by atoms with Gasteiger partial charge >= 0.3 is 0 Å². The highest BCUT2D eigenvalue weighted by molar-refractivity contribution is 7.22. The molecular formula is C14H14F2N2O3S. The number of carbonyl (C=O) groups is 1. The number of nitrogens with one attached hydrogen (secondary N) is 1. The Kier molecular flexibility index (Phi) is 3.64. The van der Waals surface area contributed by atoms with Crippen molar-refractivity contribution in [3.05, 3.63) is 12.1 Å². The molecule has 1 aromatic heterocycles. The second-order valence-corrected chi connectivity index (χ2v) is 6.66. The topological polar surface area (TPSA) is 60.5 Å². The van der Waals surface area contributed by atoms with Crippen molar-refractivity contribution in [3.8, 4) is 11.5 Å². The summed E-state index contributed by atoms with van der Waals surface area (Å²) in [4.78, 5) is 16.4. The number of carbonyl (C=O) groups excluding carboxylic acids is 1. The van der Waals surface area contributed by atoms with E-state index in [9.17, 15) is 13.6 Å². The first-order valence-corrected chi connectivity index (χ1v) is 7.46. The number of rotatable bonds is 4. The van der Waals surface area contributed by atoms with E-state index < -0.39 is 24.2 Å². The van der Waals surface area contributed by atoms with Crippen LogP contribution in [0, 0.1) is 5.41 Å². The van der Waals surface area contributed by atoms with E-state index in [0.29, 0.717) is 22.1 Å². The number of alkyl halides is 2. The van der Waals surface area contributed by atoms with Crippen molar-refractivity contribution >= 4 is 32.6 Å². The van der Waals surface area contributed by atoms with E-state index in [1.54, 1.807) is 12.1 Å². The van der Waals surface area contributed by atoms with Crippen LogP contribution in [0.25, 0.3) is 10.2 Å². The Labute approximate surface area is 129 Å². The van der Waals surface area contributed by atoms with Crippen molar-refractivity contribution in [2.75, 3.05) is 12.1 Å². The summed E-state index contributed by atoms with van der Waals surface area (Å²) in [6, 6.07) is 3.52. The Morgan fingerprint density at radius 2 is 2.09 bits per heavy atom. The van der Waals surface area contributed by atoms with E-state index in [1.165, 1.54) is 25.2 Å². The first-order chi connectivity index (χ1) is 10.3. The zero-order chi connectivity index (χ0) is 15.9. The number of fused-ring (bicyclic) bond motifs is 2. The molecule has 0 aliphatic carbocycles. The molecule has 0 spiro atoms. The van der Waals surface area contributed by atoms with Crippen molar-refractivity contribution in [2.24, 2.45) is 5.41 Å². The summed E-state index contributed by atoms with van der Waals surface area (Å²) in [5.74, 6) is 0.757. The van der Waals surface area contributed by atoms with Gasteiger partial charge in [-0.25, -0.2) is 13.8 Å². The van der Waals surface area contributed by atoms with Gasteiger partial charge in [0, 0.05) is 24.0 Å². The molecule has 2 heterocycles. The number of anilines is 1. The summed E-state index contributed by atoms with van der Waals surface area (Å²) in [5, 5.41) is 2.97. The number of amides is 1. The number of halogens is 2. The molecule has 3 rings (SSSR count). The van der Waals surface area contributed by atoms with E-state index in [2.05, 4.69) is 10.3 Å². The number of hydrogen-bond donors (Lipinski definition) is 1. The Morgan fingerprint density at radius 1 is 1.41 bits per heavy atom. The predicted molar refractivity (Wildman–Crippen MR) is 78.8 cm³/mol. The normalized spacial score (nSPS) is 13.9. The maximum absolute atomic E-state index is 12.5. The van der Waals surface area contributed by atoms with Crippen LogP contribution in [-0.4, -0.2) is 24.1 Å². The highest BCUT2D eigenvalue weighted by atomic mass is 32.1. The van der Waals surface area contributed by atoms with Gasteiger partial charge in [-0.15, -0.1) is 0 Å². The van der Waals surface area contributed by atoms with Crippen LogP contribution in [0.15, 0.2) is 12.1 Å². The third kappa shape index (κ3) is 2.83. The second-order valence-electron chi connectivity index (χ2n) is 5.63. The molecule has 1 aliphatic heterocycles. The van der Waals surface area contributed by atoms with Gasteiger partial charge in [0.1, 0.15) is 0 Å². The van der Waals surface area contributed by atoms with Gasteiger partial charge in [0.2, 0.25) is 19.1 Å². The number of thiazole rings is 1. The Morgan fingerprint density at radius 3 is 2.77 bits per heavy atom. The molecule has 0 bridgehead atoms. The summed E-state index contributed by atoms with van der Waals surface area (Å²) in [6.45, 7) is 3.15. The van der Waals surface area contributed by atoms with E-state index in [-0.39, 0.29) is 6.79 Å². The van der Waals surface area contributed by atoms with Gasteiger partial charge in [-0.2, -0.15) is 0 Å². The standard InChI is InChI=1S/C14H14F2N2O3S/c1-14(2,5-11(15)16)12(19)18-13-17-7-3-8-9(21-6-20-8)4-10(7)22-13/h3-4,11H,5-6H2,1-2H3,(H,17,18,19). The molecule has 0 saturated heterocycles. The molecule has 1 aliphatic rings. The molecular weight excluding hydrogens is 314 g/mol. The van der Waals surface area contributed by atoms with E-state index in [4.69, 9.17) is 9.47 Å². The van der Waals surface area contributed by atoms with Gasteiger partial charge in [-0.3, -0.25) is 4.79 Å². The predicted octanol–water partition coefficient (Wildman–Crippen LogP) is 3.64. The summed E-state index contributed by atoms with van der Waals surface area (Å²) in [5.41, 5.74) is -0.504. The van der Waals surface area contributed by atoms with Crippen LogP contribution < -0.4 is 14.8 Å². The maximum atomic E-state index is 12.5. The van der Waals surface area contributed by atoms with Crippen molar-refractivity contribution in [1.82, 2.24) is 4.98 Å². The second kappa shape index (κ2) is 5.35. The van der Waals surface area contributed by atoms with Gasteiger partial charge in [0.15, 0.2) is 16.6 Å². The fraction of sp³-hybridized carbons (Fsp3) is 0.429. The Bertz CT molecular complexity index is 689. The average Bonchev–Trinajstić information content (AvgIpc) is 2.98. The minimum atomic E-state index is -2.53. The number of nitrogens with zero attached hydrogens (tertiary/aromatic N) is 1. The lowest BCUT2D eigenvalue weighted by atomic mass is 9.88. The zero-order valence-corrected chi connectivity index (χ0v) is 12.8. The summed E-state index contributed by atoms with van der Waals surface area (Å²) < 4.78 is 36.4. The van der Waals surface area contributed by atoms with E-state index in [1.807, 2.05) is 0 Å². The molecule has 5 nitrogen and oxygen atoms in total. The van der Waals surface area contributed by atoms with Crippen molar-refractivity contribution in [2.45, 2.75) is 26.7 Å². The first-order valence-electron chi connectivity index (χ1n) is 6.65. The van der Waals surface area contributed by atoms with E-state index >= 15 is 0 Å². The van der Waals surface area contributed by atoms with Crippen molar-refractivity contribution < 1.29 is 23.0 Å². The van der Waals surface area contributed by atoms with Gasteiger partial charge < -0.3 is 14.8 Å². The molecule has 0 radical (unpaired) electrons. The van der Waals surface area contributed by atoms with Gasteiger partial charge in [-0.1, -0.05) is 25.2 Å². The van der Waals surface area contributed by atoms with Crippen LogP contribution in [0.3, 0.4) is 0 Å². The summed E-state index contributed by atoms with van der Waals surface area (Å²) in [6.07, 6.45) is -3.03. The van der Waals surface area contributed by atoms with Crippen LogP contribution in [0.5, 0.6) is 11.5 Å². The van der Waals surface area contributed by atoms with Crippen LogP contribution in [0.4, 0.5) is 13.9 Å². The lowest BCUT2D eigenvalue weighted by Crippen LogP contribution is -2.32. The molecule has 118 valence electrons. The van der Waals surface area contributed by atoms with Crippen LogP contribution in [-0.2, 0) is 4.79 Å². The monoisotopic (exact) mass is 328 g/mol. The fourth-order valence-corrected chi connectivity index (χ4v) is 2.99. The Hall–Kier alpha value is -1.96. The minimum absolute atomic E-state index is 0.179. The van der Waals surface area contributed by atoms with Crippen LogP contribution >= 0.6 is 11.3 Å². The highest BCUT2D eigenvalue weighted by Crippen LogP contribution is 2.39. The van der Waals surface area contributed by atoms with Gasteiger partial charge in [-0.05, 0) is 0 Å². The molecule has 0 atom stereocenters. The van der Waals surface area contributed by atoms with Crippen LogP contribution in [0.2, 0.25) is 0 Å². The molecule has 0 unspecified atom stereocenters. The van der Waals surface area contributed by atoms with Crippen molar-refractivity contribution in [1.29, 1.82) is 0 Å². The number of aromatic nitrogens is 1. The zero-order valence-electron chi connectivity index (χ0n) is 12.0. The fourth-order valence-electron chi connectivity index (χ4n) is 2.12. The molecule has 1 aromatic carbocycles. The summed E-state index contributed by atoms with van der Waals surface area (Å²) >= 11 is 1.26. The van der Waals surface area contributed by atoms with Gasteiger partial charge in [0.05, 0.1) is 10.2 Å². The molecule has 22 heavy (non-hydrogen) atoms. The molecule has 8 heteroatoms. The molecule has 0 saturated carbocycles. The quantitative estimate of drug-likeness (QED) is 0.931. The van der Waals surface area contributed by atoms with E-state index in [0.717, 1.165) is 4.70 Å². The molecule has 0 fully saturated rings. The first kappa shape index (κ1) is 15.0. The number of ether oxygens (including phenoxy) is 2. The third-order valence-corrected chi connectivity index (χ3v) is 4.32. The smallest absolute Gasteiger partial charge is 0.239 e. The number of benzene rings is 1. The Balaban J connectivity index is 1.81. The summed E-state index contributed by atoms with van der Waals surface area (Å²) in [7, 11) is 0. The maximum Gasteiger partial charge on any atom is 0.239 e. The van der Waals surface area contributed by atoms with Crippen molar-refractivity contribution in [3.63, 3.8) is 0 Å². The average molecular weight is 328 g/mol. The number of hydrogen-bond acceptors (Lipinski definition) is 5. The van der Waals surface area contributed by atoms with Gasteiger partial charge in [0.25, 0.3) is 0 Å². The minimum Gasteiger partial charge on any atom is -0.454 e. The molecule has 2 aromatic rings. The SMILES string of the molecule is CC(C)(CC(F)F)C(=O)Nc1nc2cc3c(cc2s1)OCO3. The largest absolute Gasteiger partial charge is 0.454 e. The lowest BCUT2D eigenvalue weighted by molar-refractivity contribution is -0.126. The third-order valence-electron chi connectivity index (χ3n) is 3.38. The highest BCUT2D eigenvalue weighted by Gasteiger charge is 2.32. The van der Waals surface area contributed by atoms with Crippen LogP contribution in [0.1, 0.15) is 20.3 Å². The molecule has 1 amide bonds. The molecule has 1 N–H and O–H groups in total.